The minimum Gasteiger partial charge on any atom is -0.333 e. The number of nitrogens with two attached hydrogens (primary N) is 1. The van der Waals surface area contributed by atoms with Crippen molar-refractivity contribution in [3.63, 3.8) is 0 Å². The number of pyridine rings is 1. The number of anilines is 1. The largest absolute Gasteiger partial charge is 0.333 e. The number of para-hydroxylation sites is 1. The van der Waals surface area contributed by atoms with E-state index in [1.54, 1.807) is 23.2 Å². The van der Waals surface area contributed by atoms with E-state index in [0.29, 0.717) is 24.3 Å². The minimum atomic E-state index is -0.0632. The number of hydrogen-bond donors (Lipinski definition) is 2. The van der Waals surface area contributed by atoms with E-state index in [2.05, 4.69) is 10.4 Å². The lowest BCUT2D eigenvalue weighted by molar-refractivity contribution is 0.0751. The fraction of sp³-hybridized carbons (Fsp3) is 0.200. The smallest absolute Gasteiger partial charge is 0.256 e. The zero-order chi connectivity index (χ0) is 14.4. The Kier molecular flexibility index (Phi) is 4.68. The summed E-state index contributed by atoms with van der Waals surface area (Å²) in [6.07, 6.45) is 1.73. The molecular formula is C15H18N4O. The number of hydrogen-bond acceptors (Lipinski definition) is 4. The third kappa shape index (κ3) is 3.13. The predicted octanol–water partition coefficient (Wildman–Crippen LogP) is 2.03. The lowest BCUT2D eigenvalue weighted by Gasteiger charge is -2.21. The Morgan fingerprint density at radius 1 is 1.25 bits per heavy atom. The predicted molar refractivity (Wildman–Crippen MR) is 78.9 cm³/mol. The number of nitrogen functional groups attached to an aromatic ring is 1. The van der Waals surface area contributed by atoms with Crippen molar-refractivity contribution in [2.75, 3.05) is 12.0 Å². The highest BCUT2D eigenvalue weighted by atomic mass is 16.2. The molecule has 1 amide bonds. The molecule has 20 heavy (non-hydrogen) atoms. The van der Waals surface area contributed by atoms with E-state index >= 15 is 0 Å². The molecule has 0 radical (unpaired) electrons. The SMILES string of the molecule is CCN(Cc1ccccn1)C(=O)c1ccccc1NN. The molecule has 0 saturated heterocycles. The quantitative estimate of drug-likeness (QED) is 0.644. The summed E-state index contributed by atoms with van der Waals surface area (Å²) in [5.74, 6) is 5.39. The molecule has 3 N–H and O–H groups in total. The highest BCUT2D eigenvalue weighted by Gasteiger charge is 2.17. The van der Waals surface area contributed by atoms with Gasteiger partial charge < -0.3 is 10.3 Å². The number of carbonyl (C=O) groups is 1. The number of hydrazine groups is 1. The van der Waals surface area contributed by atoms with Gasteiger partial charge in [-0.2, -0.15) is 0 Å². The fourth-order valence-corrected chi connectivity index (χ4v) is 1.98. The lowest BCUT2D eigenvalue weighted by Crippen LogP contribution is -2.31. The molecular weight excluding hydrogens is 252 g/mol. The van der Waals surface area contributed by atoms with Crippen molar-refractivity contribution in [1.29, 1.82) is 0 Å². The van der Waals surface area contributed by atoms with Crippen LogP contribution in [0.4, 0.5) is 5.69 Å². The molecule has 0 aliphatic heterocycles. The van der Waals surface area contributed by atoms with Crippen LogP contribution in [0.5, 0.6) is 0 Å². The van der Waals surface area contributed by atoms with Gasteiger partial charge >= 0.3 is 0 Å². The second-order valence-corrected chi connectivity index (χ2v) is 4.33. The summed E-state index contributed by atoms with van der Waals surface area (Å²) in [7, 11) is 0. The second-order valence-electron chi connectivity index (χ2n) is 4.33. The first-order chi connectivity index (χ1) is 9.76. The minimum absolute atomic E-state index is 0.0632. The molecule has 0 spiro atoms. The van der Waals surface area contributed by atoms with Crippen molar-refractivity contribution >= 4 is 11.6 Å². The molecule has 5 heteroatoms. The van der Waals surface area contributed by atoms with E-state index in [0.717, 1.165) is 5.69 Å². The van der Waals surface area contributed by atoms with Crippen LogP contribution < -0.4 is 11.3 Å². The van der Waals surface area contributed by atoms with Gasteiger partial charge in [-0.05, 0) is 31.2 Å². The molecule has 5 nitrogen and oxygen atoms in total. The van der Waals surface area contributed by atoms with Crippen LogP contribution in [0, 0.1) is 0 Å². The number of rotatable bonds is 5. The van der Waals surface area contributed by atoms with Crippen molar-refractivity contribution < 1.29 is 4.79 Å². The van der Waals surface area contributed by atoms with E-state index in [1.165, 1.54) is 0 Å². The van der Waals surface area contributed by atoms with E-state index in [9.17, 15) is 4.79 Å². The van der Waals surface area contributed by atoms with Crippen molar-refractivity contribution in [3.05, 3.63) is 59.9 Å². The van der Waals surface area contributed by atoms with Crippen molar-refractivity contribution in [3.8, 4) is 0 Å². The maximum atomic E-state index is 12.6. The Bertz CT molecular complexity index is 571. The molecule has 0 bridgehead atoms. The summed E-state index contributed by atoms with van der Waals surface area (Å²) >= 11 is 0. The highest BCUT2D eigenvalue weighted by molar-refractivity contribution is 5.99. The van der Waals surface area contributed by atoms with Crippen molar-refractivity contribution in [2.45, 2.75) is 13.5 Å². The van der Waals surface area contributed by atoms with Crippen LogP contribution in [0.1, 0.15) is 23.0 Å². The summed E-state index contributed by atoms with van der Waals surface area (Å²) < 4.78 is 0. The summed E-state index contributed by atoms with van der Waals surface area (Å²) in [5, 5.41) is 0. The monoisotopic (exact) mass is 270 g/mol. The number of aromatic nitrogens is 1. The van der Waals surface area contributed by atoms with Gasteiger partial charge in [-0.1, -0.05) is 18.2 Å². The molecule has 0 saturated carbocycles. The summed E-state index contributed by atoms with van der Waals surface area (Å²) in [6, 6.07) is 12.9. The molecule has 1 heterocycles. The molecule has 1 aromatic heterocycles. The Hall–Kier alpha value is -2.40. The van der Waals surface area contributed by atoms with Crippen molar-refractivity contribution in [2.24, 2.45) is 5.84 Å². The van der Waals surface area contributed by atoms with Gasteiger partial charge in [-0.15, -0.1) is 0 Å². The summed E-state index contributed by atoms with van der Waals surface area (Å²) in [4.78, 5) is 18.5. The van der Waals surface area contributed by atoms with Gasteiger partial charge in [0.05, 0.1) is 23.5 Å². The number of nitrogens with one attached hydrogen (secondary N) is 1. The number of carbonyl (C=O) groups excluding carboxylic acids is 1. The van der Waals surface area contributed by atoms with Crippen LogP contribution in [0.3, 0.4) is 0 Å². The van der Waals surface area contributed by atoms with Gasteiger partial charge in [0.25, 0.3) is 5.91 Å². The zero-order valence-corrected chi connectivity index (χ0v) is 11.4. The van der Waals surface area contributed by atoms with Gasteiger partial charge in [-0.3, -0.25) is 15.6 Å². The maximum Gasteiger partial charge on any atom is 0.256 e. The Balaban J connectivity index is 2.21. The van der Waals surface area contributed by atoms with Crippen LogP contribution in [-0.4, -0.2) is 22.3 Å². The first-order valence-corrected chi connectivity index (χ1v) is 6.51. The third-order valence-corrected chi connectivity index (χ3v) is 3.06. The van der Waals surface area contributed by atoms with E-state index in [-0.39, 0.29) is 5.91 Å². The topological polar surface area (TPSA) is 71.2 Å². The fourth-order valence-electron chi connectivity index (χ4n) is 1.98. The first-order valence-electron chi connectivity index (χ1n) is 6.51. The van der Waals surface area contributed by atoms with Gasteiger partial charge in [0, 0.05) is 12.7 Å². The highest BCUT2D eigenvalue weighted by Crippen LogP contribution is 2.17. The average Bonchev–Trinajstić information content (AvgIpc) is 2.53. The number of amides is 1. The summed E-state index contributed by atoms with van der Waals surface area (Å²) in [5.41, 5.74) is 4.60. The summed E-state index contributed by atoms with van der Waals surface area (Å²) in [6.45, 7) is 3.03. The van der Waals surface area contributed by atoms with Crippen molar-refractivity contribution in [1.82, 2.24) is 9.88 Å². The Labute approximate surface area is 118 Å². The molecule has 0 unspecified atom stereocenters. The Morgan fingerprint density at radius 2 is 2.00 bits per heavy atom. The standard InChI is InChI=1S/C15H18N4O/c1-2-19(11-12-7-5-6-10-17-12)15(20)13-8-3-4-9-14(13)18-16/h3-10,18H,2,11,16H2,1H3. The molecule has 0 aliphatic rings. The van der Waals surface area contributed by atoms with Gasteiger partial charge in [0.15, 0.2) is 0 Å². The molecule has 2 aromatic rings. The Morgan fingerprint density at radius 3 is 2.65 bits per heavy atom. The third-order valence-electron chi connectivity index (χ3n) is 3.06. The number of nitrogens with zero attached hydrogens (tertiary/aromatic N) is 2. The van der Waals surface area contributed by atoms with Gasteiger partial charge in [-0.25, -0.2) is 0 Å². The zero-order valence-electron chi connectivity index (χ0n) is 11.4. The van der Waals surface area contributed by atoms with Crippen LogP contribution >= 0.6 is 0 Å². The van der Waals surface area contributed by atoms with Crippen LogP contribution in [0.15, 0.2) is 48.7 Å². The van der Waals surface area contributed by atoms with E-state index in [4.69, 9.17) is 5.84 Å². The molecule has 1 aromatic carbocycles. The maximum absolute atomic E-state index is 12.6. The molecule has 0 atom stereocenters. The molecule has 0 fully saturated rings. The van der Waals surface area contributed by atoms with E-state index in [1.807, 2.05) is 37.3 Å². The molecule has 2 rings (SSSR count). The van der Waals surface area contributed by atoms with E-state index < -0.39 is 0 Å². The van der Waals surface area contributed by atoms with Crippen LogP contribution in [0.25, 0.3) is 0 Å². The van der Waals surface area contributed by atoms with Crippen LogP contribution in [-0.2, 0) is 6.54 Å². The average molecular weight is 270 g/mol. The number of benzene rings is 1. The normalized spacial score (nSPS) is 10.1. The second kappa shape index (κ2) is 6.68. The lowest BCUT2D eigenvalue weighted by atomic mass is 10.1. The molecule has 0 aliphatic carbocycles. The van der Waals surface area contributed by atoms with Gasteiger partial charge in [0.1, 0.15) is 0 Å². The van der Waals surface area contributed by atoms with Gasteiger partial charge in [0.2, 0.25) is 0 Å². The first kappa shape index (κ1) is 14.0. The van der Waals surface area contributed by atoms with Crippen LogP contribution in [0.2, 0.25) is 0 Å². The molecule has 104 valence electrons.